The van der Waals surface area contributed by atoms with Gasteiger partial charge >= 0.3 is 0 Å². The lowest BCUT2D eigenvalue weighted by Gasteiger charge is -2.37. The molecular weight excluding hydrogens is 292 g/mol. The largest absolute Gasteiger partial charge is 0.332 e. The first-order valence-corrected chi connectivity index (χ1v) is 7.63. The van der Waals surface area contributed by atoms with Crippen LogP contribution in [0, 0.1) is 17.0 Å². The molecule has 2 unspecified atom stereocenters. The maximum absolute atomic E-state index is 12.8. The first-order chi connectivity index (χ1) is 9.97. The van der Waals surface area contributed by atoms with E-state index in [9.17, 15) is 14.9 Å². The van der Waals surface area contributed by atoms with E-state index in [-0.39, 0.29) is 34.6 Å². The van der Waals surface area contributed by atoms with E-state index < -0.39 is 4.92 Å². The number of amides is 1. The fourth-order valence-electron chi connectivity index (χ4n) is 3.56. The standard InChI is InChI=1S/C15H17ClN2O3/c1-9-2-5-14(18(20)21)13(6-9)15(19)17-11-3-4-12(17)8-10(16)7-11/h2,5-6,10-12H,3-4,7-8H2,1H3. The molecule has 2 atom stereocenters. The van der Waals surface area contributed by atoms with Crippen molar-refractivity contribution < 1.29 is 9.72 Å². The summed E-state index contributed by atoms with van der Waals surface area (Å²) in [4.78, 5) is 25.3. The number of fused-ring (bicyclic) bond motifs is 2. The average Bonchev–Trinajstić information content (AvgIpc) is 2.69. The predicted molar refractivity (Wildman–Crippen MR) is 79.7 cm³/mol. The predicted octanol–water partition coefficient (Wildman–Crippen LogP) is 3.28. The maximum atomic E-state index is 12.8. The summed E-state index contributed by atoms with van der Waals surface area (Å²) in [6, 6.07) is 4.94. The molecule has 1 amide bonds. The monoisotopic (exact) mass is 308 g/mol. The van der Waals surface area contributed by atoms with Crippen LogP contribution in [0.2, 0.25) is 0 Å². The van der Waals surface area contributed by atoms with Crippen molar-refractivity contribution in [2.75, 3.05) is 0 Å². The molecule has 1 aromatic rings. The van der Waals surface area contributed by atoms with Crippen molar-refractivity contribution in [1.82, 2.24) is 4.90 Å². The molecule has 0 saturated carbocycles. The molecule has 0 spiro atoms. The highest BCUT2D eigenvalue weighted by molar-refractivity contribution is 6.20. The highest BCUT2D eigenvalue weighted by Crippen LogP contribution is 2.39. The van der Waals surface area contributed by atoms with E-state index in [1.54, 1.807) is 12.1 Å². The van der Waals surface area contributed by atoms with Gasteiger partial charge in [0, 0.05) is 23.5 Å². The summed E-state index contributed by atoms with van der Waals surface area (Å²) in [5, 5.41) is 11.3. The Bertz CT molecular complexity index is 591. The minimum Gasteiger partial charge on any atom is -0.332 e. The van der Waals surface area contributed by atoms with Crippen LogP contribution in [0.3, 0.4) is 0 Å². The van der Waals surface area contributed by atoms with Gasteiger partial charge in [0.05, 0.1) is 4.92 Å². The quantitative estimate of drug-likeness (QED) is 0.478. The Hall–Kier alpha value is -1.62. The number of carbonyl (C=O) groups excluding carboxylic acids is 1. The van der Waals surface area contributed by atoms with E-state index in [1.165, 1.54) is 6.07 Å². The second kappa shape index (κ2) is 5.30. The molecule has 2 heterocycles. The van der Waals surface area contributed by atoms with Gasteiger partial charge in [-0.05, 0) is 44.2 Å². The van der Waals surface area contributed by atoms with Gasteiger partial charge in [-0.3, -0.25) is 14.9 Å². The molecule has 6 heteroatoms. The fourth-order valence-corrected chi connectivity index (χ4v) is 3.97. The fraction of sp³-hybridized carbons (Fsp3) is 0.533. The first kappa shape index (κ1) is 14.3. The van der Waals surface area contributed by atoms with Crippen LogP contribution in [0.1, 0.15) is 41.6 Å². The molecule has 5 nitrogen and oxygen atoms in total. The molecule has 2 aliphatic rings. The second-order valence-corrected chi connectivity index (χ2v) is 6.56. The number of nitro benzene ring substituents is 1. The third-order valence-corrected chi connectivity index (χ3v) is 4.85. The number of hydrogen-bond donors (Lipinski definition) is 0. The zero-order valence-electron chi connectivity index (χ0n) is 11.8. The highest BCUT2D eigenvalue weighted by Gasteiger charge is 2.44. The van der Waals surface area contributed by atoms with Crippen molar-refractivity contribution in [3.8, 4) is 0 Å². The van der Waals surface area contributed by atoms with Gasteiger partial charge in [-0.25, -0.2) is 0 Å². The molecule has 0 aliphatic carbocycles. The molecule has 2 bridgehead atoms. The Balaban J connectivity index is 1.96. The van der Waals surface area contributed by atoms with E-state index in [2.05, 4.69) is 0 Å². The Kier molecular flexibility index (Phi) is 3.61. The van der Waals surface area contributed by atoms with Crippen LogP contribution in [-0.4, -0.2) is 33.2 Å². The smallest absolute Gasteiger partial charge is 0.282 e. The molecule has 2 aliphatic heterocycles. The summed E-state index contributed by atoms with van der Waals surface area (Å²) in [7, 11) is 0. The van der Waals surface area contributed by atoms with Gasteiger partial charge in [0.25, 0.3) is 11.6 Å². The number of aryl methyl sites for hydroxylation is 1. The Labute approximate surface area is 128 Å². The zero-order valence-corrected chi connectivity index (χ0v) is 12.5. The first-order valence-electron chi connectivity index (χ1n) is 7.19. The lowest BCUT2D eigenvalue weighted by atomic mass is 10.00. The van der Waals surface area contributed by atoms with Gasteiger partial charge < -0.3 is 4.90 Å². The van der Waals surface area contributed by atoms with Gasteiger partial charge in [-0.1, -0.05) is 6.07 Å². The third-order valence-electron chi connectivity index (χ3n) is 4.49. The van der Waals surface area contributed by atoms with Crippen LogP contribution in [0.25, 0.3) is 0 Å². The van der Waals surface area contributed by atoms with Crippen LogP contribution in [0.15, 0.2) is 18.2 Å². The zero-order chi connectivity index (χ0) is 15.1. The number of carbonyl (C=O) groups is 1. The molecule has 3 rings (SSSR count). The molecule has 0 radical (unpaired) electrons. The average molecular weight is 309 g/mol. The number of nitro groups is 1. The van der Waals surface area contributed by atoms with Crippen LogP contribution < -0.4 is 0 Å². The normalized spacial score (nSPS) is 27.7. The van der Waals surface area contributed by atoms with E-state index in [0.717, 1.165) is 31.2 Å². The Morgan fingerprint density at radius 2 is 1.95 bits per heavy atom. The summed E-state index contributed by atoms with van der Waals surface area (Å²) < 4.78 is 0. The van der Waals surface area contributed by atoms with E-state index in [1.807, 2.05) is 11.8 Å². The minimum atomic E-state index is -0.483. The summed E-state index contributed by atoms with van der Waals surface area (Å²) in [5.74, 6) is -0.221. The van der Waals surface area contributed by atoms with Gasteiger partial charge in [0.15, 0.2) is 0 Å². The molecule has 21 heavy (non-hydrogen) atoms. The van der Waals surface area contributed by atoms with E-state index in [4.69, 9.17) is 11.6 Å². The van der Waals surface area contributed by atoms with Crippen molar-refractivity contribution in [3.63, 3.8) is 0 Å². The summed E-state index contributed by atoms with van der Waals surface area (Å²) in [5.41, 5.74) is 0.937. The van der Waals surface area contributed by atoms with Crippen molar-refractivity contribution in [2.24, 2.45) is 0 Å². The van der Waals surface area contributed by atoms with Crippen molar-refractivity contribution >= 4 is 23.2 Å². The molecule has 2 saturated heterocycles. The van der Waals surface area contributed by atoms with Gasteiger partial charge in [-0.15, -0.1) is 11.6 Å². The van der Waals surface area contributed by atoms with Crippen molar-refractivity contribution in [3.05, 3.63) is 39.4 Å². The number of hydrogen-bond acceptors (Lipinski definition) is 3. The molecule has 112 valence electrons. The minimum absolute atomic E-state index is 0.110. The number of nitrogens with zero attached hydrogens (tertiary/aromatic N) is 2. The highest BCUT2D eigenvalue weighted by atomic mass is 35.5. The topological polar surface area (TPSA) is 63.5 Å². The Morgan fingerprint density at radius 1 is 1.33 bits per heavy atom. The number of benzene rings is 1. The molecule has 0 N–H and O–H groups in total. The van der Waals surface area contributed by atoms with Gasteiger partial charge in [-0.2, -0.15) is 0 Å². The Morgan fingerprint density at radius 3 is 2.52 bits per heavy atom. The number of alkyl halides is 1. The summed E-state index contributed by atoms with van der Waals surface area (Å²) in [6.07, 6.45) is 3.45. The third kappa shape index (κ3) is 2.50. The van der Waals surface area contributed by atoms with Crippen LogP contribution in [0.4, 0.5) is 5.69 Å². The lowest BCUT2D eigenvalue weighted by Crippen LogP contribution is -2.47. The van der Waals surface area contributed by atoms with Crippen LogP contribution in [0.5, 0.6) is 0 Å². The SMILES string of the molecule is Cc1ccc([N+](=O)[O-])c(C(=O)N2C3CCC2CC(Cl)C3)c1. The van der Waals surface area contributed by atoms with E-state index in [0.29, 0.717) is 0 Å². The molecular formula is C15H17ClN2O3. The second-order valence-electron chi connectivity index (χ2n) is 5.94. The maximum Gasteiger partial charge on any atom is 0.282 e. The summed E-state index contributed by atoms with van der Waals surface area (Å²) in [6.45, 7) is 1.83. The van der Waals surface area contributed by atoms with Gasteiger partial charge in [0.2, 0.25) is 0 Å². The van der Waals surface area contributed by atoms with Crippen LogP contribution in [-0.2, 0) is 0 Å². The summed E-state index contributed by atoms with van der Waals surface area (Å²) >= 11 is 6.22. The lowest BCUT2D eigenvalue weighted by molar-refractivity contribution is -0.385. The van der Waals surface area contributed by atoms with Gasteiger partial charge in [0.1, 0.15) is 5.56 Å². The van der Waals surface area contributed by atoms with E-state index >= 15 is 0 Å². The number of piperidine rings is 1. The number of rotatable bonds is 2. The molecule has 0 aromatic heterocycles. The molecule has 1 aromatic carbocycles. The van der Waals surface area contributed by atoms with Crippen LogP contribution >= 0.6 is 11.6 Å². The number of halogens is 1. The van der Waals surface area contributed by atoms with Crippen molar-refractivity contribution in [1.29, 1.82) is 0 Å². The van der Waals surface area contributed by atoms with Crippen molar-refractivity contribution in [2.45, 2.75) is 50.1 Å². The molecule has 2 fully saturated rings.